The monoisotopic (exact) mass is 261 g/mol. The van der Waals surface area contributed by atoms with Gasteiger partial charge < -0.3 is 15.5 Å². The summed E-state index contributed by atoms with van der Waals surface area (Å²) in [6, 6.07) is 8.07. The highest BCUT2D eigenvalue weighted by atomic mass is 16.2. The molecule has 0 aromatic heterocycles. The Morgan fingerprint density at radius 1 is 1.37 bits per heavy atom. The quantitative estimate of drug-likeness (QED) is 0.882. The molecule has 0 aliphatic carbocycles. The van der Waals surface area contributed by atoms with Gasteiger partial charge in [-0.25, -0.2) is 0 Å². The van der Waals surface area contributed by atoms with Crippen LogP contribution < -0.4 is 5.73 Å². The van der Waals surface area contributed by atoms with Crippen molar-refractivity contribution < 1.29 is 4.79 Å². The summed E-state index contributed by atoms with van der Waals surface area (Å²) in [5.74, 6) is 0.143. The first-order valence-corrected chi connectivity index (χ1v) is 6.91. The van der Waals surface area contributed by atoms with E-state index < -0.39 is 0 Å². The number of rotatable bonds is 3. The number of carbonyl (C=O) groups is 1. The van der Waals surface area contributed by atoms with Gasteiger partial charge in [-0.1, -0.05) is 18.2 Å². The highest BCUT2D eigenvalue weighted by Crippen LogP contribution is 2.16. The first-order chi connectivity index (χ1) is 9.13. The van der Waals surface area contributed by atoms with Gasteiger partial charge in [0.1, 0.15) is 0 Å². The van der Waals surface area contributed by atoms with Crippen molar-refractivity contribution in [2.45, 2.75) is 19.4 Å². The Hall–Kier alpha value is -1.39. The molecule has 1 fully saturated rings. The van der Waals surface area contributed by atoms with E-state index in [0.29, 0.717) is 6.54 Å². The fraction of sp³-hybridized carbons (Fsp3) is 0.533. The van der Waals surface area contributed by atoms with Crippen molar-refractivity contribution in [1.82, 2.24) is 9.80 Å². The van der Waals surface area contributed by atoms with E-state index in [4.69, 9.17) is 5.73 Å². The molecule has 2 rings (SSSR count). The molecule has 2 N–H and O–H groups in total. The van der Waals surface area contributed by atoms with Crippen LogP contribution in [0.1, 0.15) is 22.8 Å². The zero-order chi connectivity index (χ0) is 13.8. The van der Waals surface area contributed by atoms with E-state index >= 15 is 0 Å². The summed E-state index contributed by atoms with van der Waals surface area (Å²) in [6.45, 7) is 5.36. The molecule has 104 valence electrons. The van der Waals surface area contributed by atoms with E-state index in [2.05, 4.69) is 18.9 Å². The molecule has 1 amide bonds. The number of nitrogens with zero attached hydrogens (tertiary/aromatic N) is 2. The summed E-state index contributed by atoms with van der Waals surface area (Å²) >= 11 is 0. The van der Waals surface area contributed by atoms with Crippen LogP contribution in [0.3, 0.4) is 0 Å². The fourth-order valence-corrected chi connectivity index (χ4v) is 2.70. The maximum Gasteiger partial charge on any atom is 0.254 e. The first-order valence-electron chi connectivity index (χ1n) is 6.91. The lowest BCUT2D eigenvalue weighted by Crippen LogP contribution is -2.52. The molecular formula is C15H23N3O. The number of nitrogens with two attached hydrogens (primary N) is 1. The topological polar surface area (TPSA) is 49.6 Å². The minimum absolute atomic E-state index is 0.143. The second-order valence-corrected chi connectivity index (χ2v) is 5.31. The minimum Gasteiger partial charge on any atom is -0.333 e. The Morgan fingerprint density at radius 3 is 2.79 bits per heavy atom. The second-order valence-electron chi connectivity index (χ2n) is 5.31. The molecule has 1 heterocycles. The Balaban J connectivity index is 2.19. The number of hydrogen-bond acceptors (Lipinski definition) is 3. The molecule has 4 heteroatoms. The molecule has 4 nitrogen and oxygen atoms in total. The number of hydrogen-bond donors (Lipinski definition) is 1. The van der Waals surface area contributed by atoms with Gasteiger partial charge in [0.15, 0.2) is 0 Å². The normalized spacial score (nSPS) is 20.6. The summed E-state index contributed by atoms with van der Waals surface area (Å²) in [6.07, 6.45) is 0.754. The van der Waals surface area contributed by atoms with Crippen LogP contribution in [-0.2, 0) is 6.42 Å². The second kappa shape index (κ2) is 6.17. The van der Waals surface area contributed by atoms with Crippen LogP contribution in [0.5, 0.6) is 0 Å². The van der Waals surface area contributed by atoms with Crippen molar-refractivity contribution in [1.29, 1.82) is 0 Å². The summed E-state index contributed by atoms with van der Waals surface area (Å²) in [5, 5.41) is 0. The third-order valence-electron chi connectivity index (χ3n) is 3.75. The predicted octanol–water partition coefficient (Wildman–Crippen LogP) is 0.964. The molecule has 0 radical (unpaired) electrons. The van der Waals surface area contributed by atoms with Crippen molar-refractivity contribution in [3.8, 4) is 0 Å². The number of amides is 1. The Kier molecular flexibility index (Phi) is 4.56. The lowest BCUT2D eigenvalue weighted by Gasteiger charge is -2.38. The highest BCUT2D eigenvalue weighted by molar-refractivity contribution is 5.96. The van der Waals surface area contributed by atoms with E-state index in [1.807, 2.05) is 29.2 Å². The van der Waals surface area contributed by atoms with Crippen molar-refractivity contribution >= 4 is 5.91 Å². The number of likely N-dealkylation sites (N-methyl/N-ethyl adjacent to an activating group) is 1. The molecule has 0 bridgehead atoms. The van der Waals surface area contributed by atoms with Crippen LogP contribution in [-0.4, -0.2) is 55.0 Å². The van der Waals surface area contributed by atoms with E-state index in [9.17, 15) is 4.79 Å². The average molecular weight is 261 g/mol. The van der Waals surface area contributed by atoms with Crippen molar-refractivity contribution in [2.75, 3.05) is 33.2 Å². The maximum absolute atomic E-state index is 12.7. The number of piperazine rings is 1. The SMILES string of the molecule is CC1CN(C)CCN1C(=O)c1ccccc1CCN. The lowest BCUT2D eigenvalue weighted by atomic mass is 10.0. The molecule has 1 unspecified atom stereocenters. The molecule has 19 heavy (non-hydrogen) atoms. The summed E-state index contributed by atoms with van der Waals surface area (Å²) in [5.41, 5.74) is 7.49. The third kappa shape index (κ3) is 3.14. The molecule has 1 atom stereocenters. The Labute approximate surface area is 115 Å². The summed E-state index contributed by atoms with van der Waals surface area (Å²) < 4.78 is 0. The number of benzene rings is 1. The molecule has 0 saturated carbocycles. The van der Waals surface area contributed by atoms with Crippen molar-refractivity contribution in [3.63, 3.8) is 0 Å². The van der Waals surface area contributed by atoms with Crippen molar-refractivity contribution in [2.24, 2.45) is 5.73 Å². The van der Waals surface area contributed by atoms with Gasteiger partial charge in [0, 0.05) is 31.2 Å². The van der Waals surface area contributed by atoms with Crippen LogP contribution >= 0.6 is 0 Å². The van der Waals surface area contributed by atoms with Crippen LogP contribution in [0.25, 0.3) is 0 Å². The molecule has 1 aliphatic rings. The maximum atomic E-state index is 12.7. The predicted molar refractivity (Wildman–Crippen MR) is 77.2 cm³/mol. The van der Waals surface area contributed by atoms with Gasteiger partial charge in [-0.3, -0.25) is 4.79 Å². The first kappa shape index (κ1) is 14.0. The molecule has 1 aliphatic heterocycles. The minimum atomic E-state index is 0.143. The standard InChI is InChI=1S/C15H23N3O/c1-12-11-17(2)9-10-18(12)15(19)14-6-4-3-5-13(14)7-8-16/h3-6,12H,7-11,16H2,1-2H3. The van der Waals surface area contributed by atoms with Crippen LogP contribution in [0.15, 0.2) is 24.3 Å². The van der Waals surface area contributed by atoms with Gasteiger partial charge >= 0.3 is 0 Å². The van der Waals surface area contributed by atoms with Crippen LogP contribution in [0.4, 0.5) is 0 Å². The largest absolute Gasteiger partial charge is 0.333 e. The number of carbonyl (C=O) groups excluding carboxylic acids is 1. The molecule has 1 aromatic rings. The van der Waals surface area contributed by atoms with E-state index in [0.717, 1.165) is 37.2 Å². The summed E-state index contributed by atoms with van der Waals surface area (Å²) in [7, 11) is 2.10. The Morgan fingerprint density at radius 2 is 2.11 bits per heavy atom. The fourth-order valence-electron chi connectivity index (χ4n) is 2.70. The van der Waals surface area contributed by atoms with Gasteiger partial charge in [0.2, 0.25) is 0 Å². The van der Waals surface area contributed by atoms with E-state index in [1.165, 1.54) is 0 Å². The lowest BCUT2D eigenvalue weighted by molar-refractivity contribution is 0.0532. The average Bonchev–Trinajstić information content (AvgIpc) is 2.39. The smallest absolute Gasteiger partial charge is 0.254 e. The van der Waals surface area contributed by atoms with Crippen LogP contribution in [0, 0.1) is 0 Å². The van der Waals surface area contributed by atoms with E-state index in [-0.39, 0.29) is 11.9 Å². The van der Waals surface area contributed by atoms with Gasteiger partial charge in [-0.15, -0.1) is 0 Å². The molecular weight excluding hydrogens is 238 g/mol. The van der Waals surface area contributed by atoms with Crippen LogP contribution in [0.2, 0.25) is 0 Å². The van der Waals surface area contributed by atoms with Gasteiger partial charge in [-0.05, 0) is 38.6 Å². The third-order valence-corrected chi connectivity index (χ3v) is 3.75. The Bertz CT molecular complexity index is 447. The van der Waals surface area contributed by atoms with Gasteiger partial charge in [-0.2, -0.15) is 0 Å². The molecule has 1 aromatic carbocycles. The van der Waals surface area contributed by atoms with E-state index in [1.54, 1.807) is 0 Å². The molecule has 1 saturated heterocycles. The highest BCUT2D eigenvalue weighted by Gasteiger charge is 2.27. The zero-order valence-electron chi connectivity index (χ0n) is 11.8. The van der Waals surface area contributed by atoms with Gasteiger partial charge in [0.25, 0.3) is 5.91 Å². The van der Waals surface area contributed by atoms with Crippen molar-refractivity contribution in [3.05, 3.63) is 35.4 Å². The zero-order valence-corrected chi connectivity index (χ0v) is 11.8. The molecule has 0 spiro atoms. The van der Waals surface area contributed by atoms with Gasteiger partial charge in [0.05, 0.1) is 0 Å². The summed E-state index contributed by atoms with van der Waals surface area (Å²) in [4.78, 5) is 16.9.